The highest BCUT2D eigenvalue weighted by Crippen LogP contribution is 2.23. The van der Waals surface area contributed by atoms with Gasteiger partial charge in [0.05, 0.1) is 5.92 Å². The van der Waals surface area contributed by atoms with Crippen LogP contribution in [0.15, 0.2) is 18.3 Å². The van der Waals surface area contributed by atoms with Crippen molar-refractivity contribution in [3.8, 4) is 0 Å². The normalized spacial score (nSPS) is 22.6. The molecule has 1 aliphatic rings. The lowest BCUT2D eigenvalue weighted by Crippen LogP contribution is -2.47. The molecule has 0 aromatic carbocycles. The highest BCUT2D eigenvalue weighted by Gasteiger charge is 2.33. The average molecular weight is 276 g/mol. The molecular weight excluding hydrogens is 256 g/mol. The summed E-state index contributed by atoms with van der Waals surface area (Å²) in [5.74, 6) is -1.46. The maximum absolute atomic E-state index is 12.5. The zero-order chi connectivity index (χ0) is 14.7. The molecule has 5 nitrogen and oxygen atoms in total. The summed E-state index contributed by atoms with van der Waals surface area (Å²) in [6.07, 6.45) is 3.82. The summed E-state index contributed by atoms with van der Waals surface area (Å²) in [7, 11) is 0. The van der Waals surface area contributed by atoms with Gasteiger partial charge in [-0.3, -0.25) is 14.6 Å². The third-order valence-corrected chi connectivity index (χ3v) is 3.94. The molecule has 0 bridgehead atoms. The molecule has 0 radical (unpaired) electrons. The van der Waals surface area contributed by atoms with Gasteiger partial charge in [-0.05, 0) is 43.9 Å². The Morgan fingerprint density at radius 1 is 1.45 bits per heavy atom. The number of piperidine rings is 1. The minimum Gasteiger partial charge on any atom is -0.481 e. The third-order valence-electron chi connectivity index (χ3n) is 3.94. The van der Waals surface area contributed by atoms with Gasteiger partial charge in [0.25, 0.3) is 5.91 Å². The van der Waals surface area contributed by atoms with Gasteiger partial charge in [-0.2, -0.15) is 0 Å². The van der Waals surface area contributed by atoms with Gasteiger partial charge in [0.2, 0.25) is 0 Å². The maximum Gasteiger partial charge on any atom is 0.308 e. The SMILES string of the molecule is CCc1ccnc(C(=O)N2CC(C(=O)O)CCC2C)c1. The van der Waals surface area contributed by atoms with Gasteiger partial charge < -0.3 is 10.0 Å². The van der Waals surface area contributed by atoms with Crippen LogP contribution >= 0.6 is 0 Å². The number of aryl methyl sites for hydroxylation is 1. The van der Waals surface area contributed by atoms with Gasteiger partial charge in [0.1, 0.15) is 5.69 Å². The number of amides is 1. The summed E-state index contributed by atoms with van der Waals surface area (Å²) >= 11 is 0. The predicted molar refractivity (Wildman–Crippen MR) is 74.5 cm³/mol. The van der Waals surface area contributed by atoms with E-state index in [1.54, 1.807) is 17.2 Å². The van der Waals surface area contributed by atoms with Crippen molar-refractivity contribution in [1.82, 2.24) is 9.88 Å². The fourth-order valence-corrected chi connectivity index (χ4v) is 2.55. The summed E-state index contributed by atoms with van der Waals surface area (Å²) in [5.41, 5.74) is 1.46. The van der Waals surface area contributed by atoms with E-state index >= 15 is 0 Å². The summed E-state index contributed by atoms with van der Waals surface area (Å²) in [6, 6.07) is 3.74. The minimum absolute atomic E-state index is 0.0604. The van der Waals surface area contributed by atoms with Crippen LogP contribution in [-0.2, 0) is 11.2 Å². The second kappa shape index (κ2) is 6.03. The van der Waals surface area contributed by atoms with Crippen molar-refractivity contribution in [2.24, 2.45) is 5.92 Å². The van der Waals surface area contributed by atoms with Crippen molar-refractivity contribution in [3.63, 3.8) is 0 Å². The molecule has 2 heterocycles. The van der Waals surface area contributed by atoms with Crippen LogP contribution in [0.3, 0.4) is 0 Å². The van der Waals surface area contributed by atoms with Gasteiger partial charge in [0, 0.05) is 18.8 Å². The van der Waals surface area contributed by atoms with E-state index in [-0.39, 0.29) is 18.5 Å². The van der Waals surface area contributed by atoms with Gasteiger partial charge in [-0.25, -0.2) is 0 Å². The first kappa shape index (κ1) is 14.5. The van der Waals surface area contributed by atoms with E-state index in [9.17, 15) is 9.59 Å². The van der Waals surface area contributed by atoms with Crippen LogP contribution in [0.2, 0.25) is 0 Å². The molecule has 0 saturated carbocycles. The molecule has 108 valence electrons. The lowest BCUT2D eigenvalue weighted by molar-refractivity contribution is -0.143. The summed E-state index contributed by atoms with van der Waals surface area (Å²) < 4.78 is 0. The van der Waals surface area contributed by atoms with Gasteiger partial charge in [0.15, 0.2) is 0 Å². The number of likely N-dealkylation sites (tertiary alicyclic amines) is 1. The van der Waals surface area contributed by atoms with Crippen LogP contribution < -0.4 is 0 Å². The molecule has 1 aliphatic heterocycles. The van der Waals surface area contributed by atoms with E-state index < -0.39 is 11.9 Å². The second-order valence-electron chi connectivity index (χ2n) is 5.32. The molecule has 0 spiro atoms. The first-order valence-corrected chi connectivity index (χ1v) is 7.01. The lowest BCUT2D eigenvalue weighted by Gasteiger charge is -2.36. The third kappa shape index (κ3) is 2.98. The van der Waals surface area contributed by atoms with Gasteiger partial charge in [-0.15, -0.1) is 0 Å². The topological polar surface area (TPSA) is 70.5 Å². The van der Waals surface area contributed by atoms with E-state index in [2.05, 4.69) is 4.98 Å². The van der Waals surface area contributed by atoms with Crippen LogP contribution in [0, 0.1) is 5.92 Å². The molecule has 2 rings (SSSR count). The Morgan fingerprint density at radius 3 is 2.85 bits per heavy atom. The fraction of sp³-hybridized carbons (Fsp3) is 0.533. The Bertz CT molecular complexity index is 516. The molecule has 2 unspecified atom stereocenters. The first-order chi connectivity index (χ1) is 9.52. The largest absolute Gasteiger partial charge is 0.481 e. The first-order valence-electron chi connectivity index (χ1n) is 7.01. The van der Waals surface area contributed by atoms with Crippen LogP contribution in [0.5, 0.6) is 0 Å². The number of carbonyl (C=O) groups is 2. The number of hydrogen-bond acceptors (Lipinski definition) is 3. The number of rotatable bonds is 3. The summed E-state index contributed by atoms with van der Waals surface area (Å²) in [4.78, 5) is 29.4. The van der Waals surface area contributed by atoms with Crippen LogP contribution in [0.25, 0.3) is 0 Å². The molecule has 1 aromatic heterocycles. The molecule has 0 aliphatic carbocycles. The number of carboxylic acids is 1. The highest BCUT2D eigenvalue weighted by molar-refractivity contribution is 5.93. The second-order valence-corrected chi connectivity index (χ2v) is 5.32. The van der Waals surface area contributed by atoms with E-state index in [0.29, 0.717) is 12.1 Å². The number of nitrogens with zero attached hydrogens (tertiary/aromatic N) is 2. The average Bonchev–Trinajstić information content (AvgIpc) is 2.46. The maximum atomic E-state index is 12.5. The minimum atomic E-state index is -0.829. The number of hydrogen-bond donors (Lipinski definition) is 1. The van der Waals surface area contributed by atoms with Crippen molar-refractivity contribution < 1.29 is 14.7 Å². The van der Waals surface area contributed by atoms with Crippen molar-refractivity contribution in [3.05, 3.63) is 29.6 Å². The molecule has 1 aromatic rings. The molecule has 1 fully saturated rings. The predicted octanol–water partition coefficient (Wildman–Crippen LogP) is 1.97. The molecule has 20 heavy (non-hydrogen) atoms. The van der Waals surface area contributed by atoms with Crippen LogP contribution in [-0.4, -0.2) is 39.5 Å². The molecular formula is C15H20N2O3. The molecule has 1 saturated heterocycles. The number of aliphatic carboxylic acids is 1. The number of aromatic nitrogens is 1. The Kier molecular flexibility index (Phi) is 4.37. The number of carbonyl (C=O) groups excluding carboxylic acids is 1. The Morgan fingerprint density at radius 2 is 2.20 bits per heavy atom. The van der Waals surface area contributed by atoms with Gasteiger partial charge >= 0.3 is 5.97 Å². The Hall–Kier alpha value is -1.91. The lowest BCUT2D eigenvalue weighted by atomic mass is 9.93. The van der Waals surface area contributed by atoms with Crippen molar-refractivity contribution in [2.75, 3.05) is 6.54 Å². The molecule has 1 N–H and O–H groups in total. The summed E-state index contributed by atoms with van der Waals surface area (Å²) in [5, 5.41) is 9.12. The standard InChI is InChI=1S/C15H20N2O3/c1-3-11-6-7-16-13(8-11)14(18)17-9-12(15(19)20)5-4-10(17)2/h6-8,10,12H,3-5,9H2,1-2H3,(H,19,20). The Balaban J connectivity index is 2.19. The van der Waals surface area contributed by atoms with Crippen molar-refractivity contribution in [2.45, 2.75) is 39.2 Å². The van der Waals surface area contributed by atoms with Crippen molar-refractivity contribution in [1.29, 1.82) is 0 Å². The fourth-order valence-electron chi connectivity index (χ4n) is 2.55. The molecule has 5 heteroatoms. The smallest absolute Gasteiger partial charge is 0.308 e. The van der Waals surface area contributed by atoms with E-state index in [1.165, 1.54) is 0 Å². The number of carboxylic acid groups (broad SMARTS) is 1. The van der Waals surface area contributed by atoms with Gasteiger partial charge in [-0.1, -0.05) is 6.92 Å². The van der Waals surface area contributed by atoms with E-state index in [1.807, 2.05) is 19.9 Å². The number of pyridine rings is 1. The monoisotopic (exact) mass is 276 g/mol. The van der Waals surface area contributed by atoms with Crippen molar-refractivity contribution >= 4 is 11.9 Å². The van der Waals surface area contributed by atoms with E-state index in [4.69, 9.17) is 5.11 Å². The van der Waals surface area contributed by atoms with Crippen LogP contribution in [0.1, 0.15) is 42.7 Å². The molecule has 2 atom stereocenters. The highest BCUT2D eigenvalue weighted by atomic mass is 16.4. The zero-order valence-corrected chi connectivity index (χ0v) is 11.9. The quantitative estimate of drug-likeness (QED) is 0.916. The van der Waals surface area contributed by atoms with E-state index in [0.717, 1.165) is 18.4 Å². The summed E-state index contributed by atoms with van der Waals surface area (Å²) in [6.45, 7) is 4.25. The zero-order valence-electron chi connectivity index (χ0n) is 11.9. The van der Waals surface area contributed by atoms with Crippen LogP contribution in [0.4, 0.5) is 0 Å². The Labute approximate surface area is 118 Å². The molecule has 1 amide bonds.